The van der Waals surface area contributed by atoms with Crippen molar-refractivity contribution in [1.82, 2.24) is 0 Å². The lowest BCUT2D eigenvalue weighted by Gasteiger charge is -2.25. The van der Waals surface area contributed by atoms with Gasteiger partial charge in [-0.1, -0.05) is 85.8 Å². The molecule has 1 aliphatic rings. The molecule has 0 aromatic rings. The van der Waals surface area contributed by atoms with Gasteiger partial charge in [0.05, 0.1) is 6.10 Å². The molecule has 0 amide bonds. The van der Waals surface area contributed by atoms with Gasteiger partial charge in [0.1, 0.15) is 5.76 Å². The molecule has 0 radical (unpaired) electrons. The lowest BCUT2D eigenvalue weighted by molar-refractivity contribution is 0.106. The molecule has 0 saturated carbocycles. The maximum absolute atomic E-state index is 8.87. The third-order valence-electron chi connectivity index (χ3n) is 7.93. The van der Waals surface area contributed by atoms with Crippen LogP contribution in [0.25, 0.3) is 0 Å². The van der Waals surface area contributed by atoms with Gasteiger partial charge in [0.15, 0.2) is 0 Å². The first kappa shape index (κ1) is 33.2. The van der Waals surface area contributed by atoms with Crippen molar-refractivity contribution < 1.29 is 4.74 Å². The van der Waals surface area contributed by atoms with E-state index in [9.17, 15) is 0 Å². The lowest BCUT2D eigenvalue weighted by atomic mass is 9.81. The molecule has 0 aromatic carbocycles. The van der Waals surface area contributed by atoms with Crippen LogP contribution in [0.3, 0.4) is 0 Å². The van der Waals surface area contributed by atoms with Crippen LogP contribution in [0.5, 0.6) is 0 Å². The molecule has 0 bridgehead atoms. The standard InChI is InChI=1S/C35H59NO/c1-11-14-32(24-29(9)35(36)34-23-27(7)15-17-28(34)8)19-18-30(10)37-33(13-3)20-16-26(6)22-31(12-2)21-25(4)5/h12,15,17-19,25-27,29,31-33,36H,2,10-11,13-14,16,20-24H2,1,3-9H3. The number of hydrogen-bond donors (Lipinski definition) is 1. The van der Waals surface area contributed by atoms with Gasteiger partial charge in [0, 0.05) is 5.71 Å². The van der Waals surface area contributed by atoms with Crippen LogP contribution in [0, 0.1) is 40.9 Å². The molecule has 6 unspecified atom stereocenters. The SMILES string of the molecule is C=CC(CC(C)C)CC(C)CCC(CC)OC(=C)C=CC(CCC)CC(C)C(=N)C1=C(C)C=CC(C)C1. The van der Waals surface area contributed by atoms with E-state index < -0.39 is 0 Å². The normalized spacial score (nSPS) is 20.1. The summed E-state index contributed by atoms with van der Waals surface area (Å²) < 4.78 is 6.29. The van der Waals surface area contributed by atoms with Crippen molar-refractivity contribution in [3.05, 3.63) is 60.4 Å². The van der Waals surface area contributed by atoms with Gasteiger partial charge in [-0.05, 0) is 111 Å². The minimum atomic E-state index is 0.222. The molecule has 2 nitrogen and oxygen atoms in total. The van der Waals surface area contributed by atoms with Crippen LogP contribution in [0.4, 0.5) is 0 Å². The third-order valence-corrected chi connectivity index (χ3v) is 7.93. The van der Waals surface area contributed by atoms with E-state index in [1.165, 1.54) is 30.4 Å². The second kappa shape index (κ2) is 17.6. The van der Waals surface area contributed by atoms with Crippen LogP contribution in [-0.2, 0) is 4.74 Å². The van der Waals surface area contributed by atoms with Crippen LogP contribution in [0.1, 0.15) is 113 Å². The fourth-order valence-electron chi connectivity index (χ4n) is 5.66. The van der Waals surface area contributed by atoms with Crippen molar-refractivity contribution in [2.75, 3.05) is 0 Å². The molecule has 0 aliphatic heterocycles. The van der Waals surface area contributed by atoms with Gasteiger partial charge in [-0.25, -0.2) is 0 Å². The fourth-order valence-corrected chi connectivity index (χ4v) is 5.66. The second-order valence-electron chi connectivity index (χ2n) is 12.3. The van der Waals surface area contributed by atoms with Crippen LogP contribution < -0.4 is 0 Å². The van der Waals surface area contributed by atoms with E-state index in [0.29, 0.717) is 23.7 Å². The quantitative estimate of drug-likeness (QED) is 0.0798. The Labute approximate surface area is 230 Å². The number of ether oxygens (including phenoxy) is 1. The van der Waals surface area contributed by atoms with Crippen molar-refractivity contribution in [3.63, 3.8) is 0 Å². The van der Waals surface area contributed by atoms with Crippen LogP contribution in [0.15, 0.2) is 60.4 Å². The van der Waals surface area contributed by atoms with Crippen molar-refractivity contribution in [3.8, 4) is 0 Å². The van der Waals surface area contributed by atoms with Gasteiger partial charge < -0.3 is 10.1 Å². The molecule has 0 heterocycles. The average Bonchev–Trinajstić information content (AvgIpc) is 2.85. The summed E-state index contributed by atoms with van der Waals surface area (Å²) >= 11 is 0. The molecular weight excluding hydrogens is 450 g/mol. The summed E-state index contributed by atoms with van der Waals surface area (Å²) in [7, 11) is 0. The van der Waals surface area contributed by atoms with Gasteiger partial charge in [0.2, 0.25) is 0 Å². The Morgan fingerprint density at radius 1 is 1.08 bits per heavy atom. The monoisotopic (exact) mass is 509 g/mol. The van der Waals surface area contributed by atoms with Crippen molar-refractivity contribution in [1.29, 1.82) is 5.41 Å². The minimum absolute atomic E-state index is 0.222. The molecule has 1 N–H and O–H groups in total. The largest absolute Gasteiger partial charge is 0.491 e. The smallest absolute Gasteiger partial charge is 0.112 e. The van der Waals surface area contributed by atoms with E-state index in [-0.39, 0.29) is 12.0 Å². The Kier molecular flexibility index (Phi) is 15.8. The summed E-state index contributed by atoms with van der Waals surface area (Å²) in [6, 6.07) is 0. The Bertz CT molecular complexity index is 798. The summed E-state index contributed by atoms with van der Waals surface area (Å²) in [6.07, 6.45) is 21.2. The highest BCUT2D eigenvalue weighted by Crippen LogP contribution is 2.30. The van der Waals surface area contributed by atoms with Crippen LogP contribution >= 0.6 is 0 Å². The van der Waals surface area contributed by atoms with E-state index >= 15 is 0 Å². The molecule has 0 spiro atoms. The molecule has 0 aromatic heterocycles. The summed E-state index contributed by atoms with van der Waals surface area (Å²) in [4.78, 5) is 0. The maximum atomic E-state index is 8.87. The van der Waals surface area contributed by atoms with Crippen molar-refractivity contribution in [2.45, 2.75) is 119 Å². The molecule has 6 atom stereocenters. The van der Waals surface area contributed by atoms with Gasteiger partial charge >= 0.3 is 0 Å². The molecular formula is C35H59NO. The zero-order chi connectivity index (χ0) is 28.0. The number of allylic oxidation sites excluding steroid dienone is 7. The van der Waals surface area contributed by atoms with Gasteiger partial charge in [0.25, 0.3) is 0 Å². The number of hydrogen-bond acceptors (Lipinski definition) is 2. The summed E-state index contributed by atoms with van der Waals surface area (Å²) in [6.45, 7) is 26.3. The fraction of sp³-hybridized carbons (Fsp3) is 0.686. The highest BCUT2D eigenvalue weighted by molar-refractivity contribution is 6.00. The molecule has 2 heteroatoms. The van der Waals surface area contributed by atoms with E-state index in [1.54, 1.807) is 0 Å². The van der Waals surface area contributed by atoms with E-state index in [0.717, 1.165) is 55.9 Å². The van der Waals surface area contributed by atoms with E-state index in [4.69, 9.17) is 10.1 Å². The Morgan fingerprint density at radius 2 is 1.78 bits per heavy atom. The zero-order valence-corrected chi connectivity index (χ0v) is 25.6. The Balaban J connectivity index is 2.63. The first-order valence-corrected chi connectivity index (χ1v) is 15.1. The van der Waals surface area contributed by atoms with Crippen LogP contribution in [0.2, 0.25) is 0 Å². The predicted molar refractivity (Wildman–Crippen MR) is 165 cm³/mol. The molecule has 1 aliphatic carbocycles. The summed E-state index contributed by atoms with van der Waals surface area (Å²) in [5.41, 5.74) is 3.34. The van der Waals surface area contributed by atoms with Gasteiger partial charge in [-0.2, -0.15) is 0 Å². The van der Waals surface area contributed by atoms with Crippen molar-refractivity contribution >= 4 is 5.71 Å². The molecule has 37 heavy (non-hydrogen) atoms. The summed E-state index contributed by atoms with van der Waals surface area (Å²) in [5, 5.41) is 8.87. The molecule has 210 valence electrons. The summed E-state index contributed by atoms with van der Waals surface area (Å²) in [5.74, 6) is 4.00. The average molecular weight is 510 g/mol. The van der Waals surface area contributed by atoms with E-state index in [1.807, 2.05) is 0 Å². The number of rotatable bonds is 19. The molecule has 1 rings (SSSR count). The zero-order valence-electron chi connectivity index (χ0n) is 25.6. The molecule has 0 saturated heterocycles. The number of nitrogens with one attached hydrogen (secondary N) is 1. The topological polar surface area (TPSA) is 33.1 Å². The minimum Gasteiger partial charge on any atom is -0.491 e. The van der Waals surface area contributed by atoms with Crippen molar-refractivity contribution in [2.24, 2.45) is 35.5 Å². The lowest BCUT2D eigenvalue weighted by Crippen LogP contribution is -2.19. The maximum Gasteiger partial charge on any atom is 0.112 e. The highest BCUT2D eigenvalue weighted by atomic mass is 16.5. The third kappa shape index (κ3) is 13.0. The van der Waals surface area contributed by atoms with E-state index in [2.05, 4.69) is 98.9 Å². The first-order chi connectivity index (χ1) is 17.5. The predicted octanol–water partition coefficient (Wildman–Crippen LogP) is 10.9. The van der Waals surface area contributed by atoms with Gasteiger partial charge in [-0.3, -0.25) is 0 Å². The highest BCUT2D eigenvalue weighted by Gasteiger charge is 2.21. The Hall–Kier alpha value is -1.83. The van der Waals surface area contributed by atoms with Crippen LogP contribution in [-0.4, -0.2) is 11.8 Å². The van der Waals surface area contributed by atoms with Gasteiger partial charge in [-0.15, -0.1) is 6.58 Å². The Morgan fingerprint density at radius 3 is 2.38 bits per heavy atom. The first-order valence-electron chi connectivity index (χ1n) is 15.1. The second-order valence-corrected chi connectivity index (χ2v) is 12.3. The molecule has 0 fully saturated rings.